The van der Waals surface area contributed by atoms with E-state index in [1.54, 1.807) is 6.07 Å². The molecule has 0 atom stereocenters. The number of H-pyrrole nitrogens is 1. The van der Waals surface area contributed by atoms with Crippen LogP contribution >= 0.6 is 23.2 Å². The second-order valence-electron chi connectivity index (χ2n) is 5.68. The fourth-order valence-electron chi connectivity index (χ4n) is 2.23. The van der Waals surface area contributed by atoms with Crippen LogP contribution < -0.4 is 16.0 Å². The van der Waals surface area contributed by atoms with Gasteiger partial charge < -0.3 is 4.74 Å². The molecule has 1 heterocycles. The lowest BCUT2D eigenvalue weighted by Gasteiger charge is -2.01. The van der Waals surface area contributed by atoms with Crippen LogP contribution in [0.2, 0.25) is 0 Å². The molecule has 166 valence electrons. The molecule has 2 aromatic carbocycles. The molecule has 0 saturated carbocycles. The standard InChI is InChI=1S/C10H7FN2O3.C9H5Cl2FN2O2/c1-16-10(15)13-5-12-8-6(9(13)14)3-2-4-7(8)11;10-8(15)7(9(11)16)14-13-6-4-2-1-3-5(6)12/h2-5H,1H3;1-4,13H/p+1. The monoisotopic (exact) mass is 485 g/mol. The Morgan fingerprint density at radius 1 is 1.03 bits per heavy atom. The fourth-order valence-corrected chi connectivity index (χ4v) is 2.54. The molecule has 3 aromatic rings. The summed E-state index contributed by atoms with van der Waals surface area (Å²) in [6.07, 6.45) is 0.243. The number of carbonyl (C=O) groups excluding carboxylic acids is 3. The van der Waals surface area contributed by atoms with E-state index in [1.807, 2.05) is 0 Å². The summed E-state index contributed by atoms with van der Waals surface area (Å²) in [5.41, 5.74) is 0.910. The van der Waals surface area contributed by atoms with Crippen LogP contribution in [0.4, 0.5) is 19.3 Å². The summed E-state index contributed by atoms with van der Waals surface area (Å²) in [4.78, 5) is 46.9. The third-order valence-electron chi connectivity index (χ3n) is 3.71. The van der Waals surface area contributed by atoms with E-state index in [9.17, 15) is 28.0 Å². The largest absolute Gasteiger partial charge is 0.514 e. The molecular weight excluding hydrogens is 473 g/mol. The van der Waals surface area contributed by atoms with Crippen molar-refractivity contribution in [3.63, 3.8) is 0 Å². The van der Waals surface area contributed by atoms with Gasteiger partial charge >= 0.3 is 11.7 Å². The van der Waals surface area contributed by atoms with E-state index in [1.165, 1.54) is 36.4 Å². The van der Waals surface area contributed by atoms with Crippen molar-refractivity contribution < 1.29 is 32.9 Å². The van der Waals surface area contributed by atoms with Gasteiger partial charge in [0.05, 0.1) is 12.8 Å². The lowest BCUT2D eigenvalue weighted by Crippen LogP contribution is -2.31. The number of hydrazone groups is 1. The van der Waals surface area contributed by atoms with Crippen LogP contribution in [-0.4, -0.2) is 34.0 Å². The first-order valence-electron chi connectivity index (χ1n) is 8.45. The first-order chi connectivity index (χ1) is 15.2. The van der Waals surface area contributed by atoms with Crippen LogP contribution in [0.5, 0.6) is 0 Å². The van der Waals surface area contributed by atoms with Gasteiger partial charge in [0.2, 0.25) is 5.71 Å². The minimum atomic E-state index is -1.12. The number of carbonyl (C=O) groups is 3. The molecule has 0 aliphatic heterocycles. The number of nitrogens with zero attached hydrogens (tertiary/aromatic N) is 2. The second-order valence-corrected chi connectivity index (χ2v) is 6.37. The van der Waals surface area contributed by atoms with Crippen LogP contribution in [0.15, 0.2) is 58.7 Å². The molecule has 0 aliphatic rings. The summed E-state index contributed by atoms with van der Waals surface area (Å²) >= 11 is 10.1. The second kappa shape index (κ2) is 11.1. The molecule has 0 fully saturated rings. The molecule has 0 saturated heterocycles. The van der Waals surface area contributed by atoms with Gasteiger partial charge in [-0.1, -0.05) is 22.8 Å². The number of anilines is 1. The number of hydrogen-bond donors (Lipinski definition) is 1. The van der Waals surface area contributed by atoms with Crippen LogP contribution in [-0.2, 0) is 14.3 Å². The van der Waals surface area contributed by atoms with Gasteiger partial charge in [-0.15, -0.1) is 0 Å². The van der Waals surface area contributed by atoms with Crippen molar-refractivity contribution in [1.29, 1.82) is 0 Å². The number of halogens is 4. The van der Waals surface area contributed by atoms with Gasteiger partial charge in [-0.2, -0.15) is 9.90 Å². The van der Waals surface area contributed by atoms with Crippen LogP contribution in [0.3, 0.4) is 0 Å². The Morgan fingerprint density at radius 3 is 2.25 bits per heavy atom. The molecule has 1 aromatic heterocycles. The lowest BCUT2D eigenvalue weighted by atomic mass is 10.2. The molecule has 32 heavy (non-hydrogen) atoms. The number of benzene rings is 2. The summed E-state index contributed by atoms with van der Waals surface area (Å²) in [6.45, 7) is 0. The highest BCUT2D eigenvalue weighted by molar-refractivity contribution is 7.01. The summed E-state index contributed by atoms with van der Waals surface area (Å²) in [5, 5.41) is 1.17. The fraction of sp³-hybridized carbons (Fsp3) is 0.0526. The Balaban J connectivity index is 0.000000227. The summed E-state index contributed by atoms with van der Waals surface area (Å²) in [5.74, 6) is -1.14. The average molecular weight is 486 g/mol. The van der Waals surface area contributed by atoms with Gasteiger partial charge in [-0.25, -0.2) is 18.6 Å². The Bertz CT molecular complexity index is 1260. The van der Waals surface area contributed by atoms with Crippen molar-refractivity contribution in [3.05, 3.63) is 70.8 Å². The van der Waals surface area contributed by atoms with Crippen molar-refractivity contribution in [1.82, 2.24) is 4.57 Å². The molecule has 0 spiro atoms. The zero-order valence-electron chi connectivity index (χ0n) is 16.1. The molecule has 9 nitrogen and oxygen atoms in total. The zero-order chi connectivity index (χ0) is 23.8. The number of para-hydroxylation sites is 2. The van der Waals surface area contributed by atoms with E-state index in [2.05, 4.69) is 20.2 Å². The van der Waals surface area contributed by atoms with Crippen molar-refractivity contribution in [2.75, 3.05) is 12.5 Å². The quantitative estimate of drug-likeness (QED) is 0.262. The molecule has 0 radical (unpaired) electrons. The molecular formula is C19H13Cl2F2N4O5+. The number of rotatable bonds is 4. The molecule has 0 aliphatic carbocycles. The van der Waals surface area contributed by atoms with E-state index < -0.39 is 39.5 Å². The maximum Gasteiger partial charge on any atom is 0.514 e. The smallest absolute Gasteiger partial charge is 0.434 e. The Kier molecular flexibility index (Phi) is 8.50. The molecule has 2 N–H and O–H groups in total. The Hall–Kier alpha value is -3.70. The minimum Gasteiger partial charge on any atom is -0.434 e. The highest BCUT2D eigenvalue weighted by atomic mass is 35.5. The van der Waals surface area contributed by atoms with Gasteiger partial charge in [0.15, 0.2) is 11.3 Å². The molecule has 0 amide bonds. The maximum absolute atomic E-state index is 13.3. The van der Waals surface area contributed by atoms with E-state index in [0.29, 0.717) is 0 Å². The third kappa shape index (κ3) is 5.93. The third-order valence-corrected chi connectivity index (χ3v) is 4.06. The van der Waals surface area contributed by atoms with E-state index in [4.69, 9.17) is 23.2 Å². The number of aromatic nitrogens is 2. The van der Waals surface area contributed by atoms with Gasteiger partial charge in [0, 0.05) is 0 Å². The highest BCUT2D eigenvalue weighted by Crippen LogP contribution is 2.12. The van der Waals surface area contributed by atoms with Crippen molar-refractivity contribution in [3.8, 4) is 0 Å². The summed E-state index contributed by atoms with van der Waals surface area (Å²) in [7, 11) is 1.16. The lowest BCUT2D eigenvalue weighted by molar-refractivity contribution is -0.353. The SMILES string of the molecule is COC(=O)n1c[nH+]c2c(F)cccc2c1=O.O=C(Cl)C(=NNc1ccccc1F)C(=O)Cl. The zero-order valence-corrected chi connectivity index (χ0v) is 17.6. The summed E-state index contributed by atoms with van der Waals surface area (Å²) < 4.78 is 31.5. The van der Waals surface area contributed by atoms with Gasteiger partial charge in [0.1, 0.15) is 11.2 Å². The van der Waals surface area contributed by atoms with Crippen molar-refractivity contribution >= 4 is 62.1 Å². The van der Waals surface area contributed by atoms with Crippen LogP contribution in [0.25, 0.3) is 10.9 Å². The van der Waals surface area contributed by atoms with E-state index in [0.717, 1.165) is 18.0 Å². The Morgan fingerprint density at radius 2 is 1.66 bits per heavy atom. The minimum absolute atomic E-state index is 0.00386. The predicted molar refractivity (Wildman–Crippen MR) is 112 cm³/mol. The number of fused-ring (bicyclic) bond motifs is 1. The number of ether oxygens (including phenoxy) is 1. The topological polar surface area (TPSA) is 121 Å². The number of nitrogens with one attached hydrogen (secondary N) is 2. The van der Waals surface area contributed by atoms with Crippen molar-refractivity contribution in [2.45, 2.75) is 0 Å². The molecule has 13 heteroatoms. The molecule has 0 bridgehead atoms. The number of methoxy groups -OCH3 is 1. The van der Waals surface area contributed by atoms with Crippen LogP contribution in [0.1, 0.15) is 0 Å². The van der Waals surface area contributed by atoms with Crippen molar-refractivity contribution in [2.24, 2.45) is 5.10 Å². The normalized spacial score (nSPS) is 9.91. The molecule has 3 rings (SSSR count). The van der Waals surface area contributed by atoms with E-state index in [-0.39, 0.29) is 16.6 Å². The number of hydrogen-bond acceptors (Lipinski definition) is 7. The first-order valence-corrected chi connectivity index (χ1v) is 9.20. The Labute approximate surface area is 188 Å². The maximum atomic E-state index is 13.3. The average Bonchev–Trinajstić information content (AvgIpc) is 2.75. The van der Waals surface area contributed by atoms with Gasteiger partial charge in [-0.05, 0) is 47.5 Å². The predicted octanol–water partition coefficient (Wildman–Crippen LogP) is 2.69. The van der Waals surface area contributed by atoms with Crippen LogP contribution in [0, 0.1) is 11.6 Å². The molecule has 0 unspecified atom stereocenters. The van der Waals surface area contributed by atoms with Gasteiger partial charge in [0.25, 0.3) is 16.8 Å². The van der Waals surface area contributed by atoms with E-state index >= 15 is 0 Å². The van der Waals surface area contributed by atoms with Gasteiger partial charge in [-0.3, -0.25) is 15.0 Å². The summed E-state index contributed by atoms with van der Waals surface area (Å²) in [6, 6.07) is 9.62. The highest BCUT2D eigenvalue weighted by Gasteiger charge is 2.19. The number of aromatic amines is 1. The first kappa shape index (κ1) is 24.6.